The van der Waals surface area contributed by atoms with Crippen LogP contribution in [0.25, 0.3) is 0 Å². The molecule has 2 unspecified atom stereocenters. The van der Waals surface area contributed by atoms with Gasteiger partial charge in [0.1, 0.15) is 23.4 Å². The summed E-state index contributed by atoms with van der Waals surface area (Å²) in [5.74, 6) is 0.0913. The van der Waals surface area contributed by atoms with Crippen molar-refractivity contribution in [3.63, 3.8) is 0 Å². The van der Waals surface area contributed by atoms with Crippen LogP contribution in [0.1, 0.15) is 85.3 Å². The summed E-state index contributed by atoms with van der Waals surface area (Å²) in [5, 5.41) is 15.5. The van der Waals surface area contributed by atoms with Crippen molar-refractivity contribution >= 4 is 29.7 Å². The first-order valence-corrected chi connectivity index (χ1v) is 14.2. The second-order valence-electron chi connectivity index (χ2n) is 10.2. The largest absolute Gasteiger partial charge is 0.508 e. The Morgan fingerprint density at radius 3 is 2.22 bits per heavy atom. The number of unbranched alkanes of at least 4 members (excludes halogenated alkanes) is 3. The van der Waals surface area contributed by atoms with E-state index in [2.05, 4.69) is 17.6 Å². The van der Waals surface area contributed by atoms with E-state index in [1.54, 1.807) is 49.6 Å². The number of carbonyl (C=O) groups excluding carboxylic acids is 3. The molecule has 0 aliphatic carbocycles. The van der Waals surface area contributed by atoms with E-state index in [-0.39, 0.29) is 23.6 Å². The quantitative estimate of drug-likeness (QED) is 0.296. The molecule has 1 rings (SSSR count). The minimum absolute atomic E-state index is 0.0760. The molecule has 1 aromatic rings. The summed E-state index contributed by atoms with van der Waals surface area (Å²) in [6, 6.07) is 4.46. The number of benzene rings is 1. The number of amides is 3. The van der Waals surface area contributed by atoms with Crippen LogP contribution in [0.4, 0.5) is 4.79 Å². The number of aromatic hydroxyl groups is 1. The number of alkyl carbamates (subject to hydrolysis) is 1. The zero-order valence-electron chi connectivity index (χ0n) is 22.9. The molecular formula is C27H45N3O5S. The highest BCUT2D eigenvalue weighted by Gasteiger charge is 2.36. The Bertz CT molecular complexity index is 824. The highest BCUT2D eigenvalue weighted by atomic mass is 32.2. The van der Waals surface area contributed by atoms with Crippen molar-refractivity contribution in [3.05, 3.63) is 29.8 Å². The van der Waals surface area contributed by atoms with E-state index in [1.165, 1.54) is 12.1 Å². The molecule has 36 heavy (non-hydrogen) atoms. The Kier molecular flexibility index (Phi) is 13.7. The van der Waals surface area contributed by atoms with Gasteiger partial charge in [-0.2, -0.15) is 11.8 Å². The second-order valence-corrected chi connectivity index (χ2v) is 11.2. The third-order valence-corrected chi connectivity index (χ3v) is 5.98. The Labute approximate surface area is 220 Å². The van der Waals surface area contributed by atoms with Crippen LogP contribution in [0.5, 0.6) is 5.75 Å². The smallest absolute Gasteiger partial charge is 0.408 e. The van der Waals surface area contributed by atoms with Crippen molar-refractivity contribution in [3.8, 4) is 5.75 Å². The van der Waals surface area contributed by atoms with E-state index in [9.17, 15) is 19.5 Å². The molecule has 3 N–H and O–H groups in total. The third kappa shape index (κ3) is 11.5. The van der Waals surface area contributed by atoms with E-state index in [0.717, 1.165) is 25.7 Å². The summed E-state index contributed by atoms with van der Waals surface area (Å²) in [6.45, 7) is 11.5. The van der Waals surface area contributed by atoms with Gasteiger partial charge >= 0.3 is 6.09 Å². The van der Waals surface area contributed by atoms with Gasteiger partial charge in [-0.05, 0) is 77.2 Å². The zero-order valence-corrected chi connectivity index (χ0v) is 23.7. The summed E-state index contributed by atoms with van der Waals surface area (Å²) in [7, 11) is 0. The third-order valence-electron chi connectivity index (χ3n) is 5.34. The Morgan fingerprint density at radius 2 is 1.69 bits per heavy atom. The lowest BCUT2D eigenvalue weighted by atomic mass is 10.0. The number of ether oxygens (including phenoxy) is 1. The van der Waals surface area contributed by atoms with Gasteiger partial charge in [-0.15, -0.1) is 0 Å². The molecule has 0 aromatic heterocycles. The van der Waals surface area contributed by atoms with Gasteiger partial charge in [0.15, 0.2) is 0 Å². The Morgan fingerprint density at radius 1 is 1.06 bits per heavy atom. The average Bonchev–Trinajstić information content (AvgIpc) is 2.77. The van der Waals surface area contributed by atoms with Crippen molar-refractivity contribution in [1.29, 1.82) is 0 Å². The van der Waals surface area contributed by atoms with Crippen LogP contribution in [-0.4, -0.2) is 64.2 Å². The van der Waals surface area contributed by atoms with Gasteiger partial charge in [0.25, 0.3) is 0 Å². The van der Waals surface area contributed by atoms with Crippen LogP contribution in [0.3, 0.4) is 0 Å². The lowest BCUT2D eigenvalue weighted by molar-refractivity contribution is -0.142. The number of phenolic OH excluding ortho intramolecular Hbond substituents is 1. The number of nitrogens with zero attached hydrogens (tertiary/aromatic N) is 1. The second kappa shape index (κ2) is 15.6. The first-order chi connectivity index (χ1) is 16.9. The molecule has 9 heteroatoms. The van der Waals surface area contributed by atoms with Gasteiger partial charge in [0.2, 0.25) is 11.8 Å². The molecule has 2 atom stereocenters. The fourth-order valence-corrected chi connectivity index (χ4v) is 4.18. The maximum Gasteiger partial charge on any atom is 0.408 e. The number of carbonyl (C=O) groups is 3. The predicted molar refractivity (Wildman–Crippen MR) is 146 cm³/mol. The van der Waals surface area contributed by atoms with E-state index in [1.807, 2.05) is 20.1 Å². The molecule has 0 heterocycles. The minimum Gasteiger partial charge on any atom is -0.508 e. The molecule has 0 radical (unpaired) electrons. The molecule has 0 fully saturated rings. The van der Waals surface area contributed by atoms with Gasteiger partial charge in [0.05, 0.1) is 0 Å². The summed E-state index contributed by atoms with van der Waals surface area (Å²) in [5.41, 5.74) is -0.112. The van der Waals surface area contributed by atoms with Gasteiger partial charge in [-0.1, -0.05) is 38.3 Å². The zero-order chi connectivity index (χ0) is 27.3. The molecule has 3 amide bonds. The summed E-state index contributed by atoms with van der Waals surface area (Å²) in [6.07, 6.45) is 5.39. The summed E-state index contributed by atoms with van der Waals surface area (Å²) < 4.78 is 5.41. The van der Waals surface area contributed by atoms with Crippen molar-refractivity contribution in [2.75, 3.05) is 18.6 Å². The van der Waals surface area contributed by atoms with Crippen molar-refractivity contribution in [2.24, 2.45) is 0 Å². The summed E-state index contributed by atoms with van der Waals surface area (Å²) >= 11 is 1.57. The number of phenols is 1. The van der Waals surface area contributed by atoms with Gasteiger partial charge in [-0.25, -0.2) is 4.79 Å². The molecule has 0 spiro atoms. The SMILES string of the molecule is CCCCCCN(C(=O)C(CCSC)NC(=O)OC(C)(C)C)C(C(=O)NC(C)C)c1ccc(O)cc1. The predicted octanol–water partition coefficient (Wildman–Crippen LogP) is 5.01. The van der Waals surface area contributed by atoms with Crippen LogP contribution < -0.4 is 10.6 Å². The van der Waals surface area contributed by atoms with Crippen LogP contribution in [0.15, 0.2) is 24.3 Å². The summed E-state index contributed by atoms with van der Waals surface area (Å²) in [4.78, 5) is 41.6. The fraction of sp³-hybridized carbons (Fsp3) is 0.667. The fourth-order valence-electron chi connectivity index (χ4n) is 3.71. The first-order valence-electron chi connectivity index (χ1n) is 12.8. The normalized spacial score (nSPS) is 13.1. The molecule has 0 saturated carbocycles. The monoisotopic (exact) mass is 523 g/mol. The standard InChI is InChI=1S/C27H45N3O5S/c1-8-9-10-11-17-30(23(24(32)28-19(2)3)20-12-14-21(31)15-13-20)25(33)22(16-18-36-7)29-26(34)35-27(4,5)6/h12-15,19,22-23,31H,8-11,16-18H2,1-7H3,(H,28,32)(H,29,34). The van der Waals surface area contributed by atoms with Gasteiger partial charge < -0.3 is 25.4 Å². The maximum atomic E-state index is 14.0. The van der Waals surface area contributed by atoms with E-state index < -0.39 is 23.8 Å². The van der Waals surface area contributed by atoms with Crippen molar-refractivity contribution in [2.45, 2.75) is 97.4 Å². The molecule has 8 nitrogen and oxygen atoms in total. The number of hydrogen-bond acceptors (Lipinski definition) is 6. The lowest BCUT2D eigenvalue weighted by Gasteiger charge is -2.35. The number of hydrogen-bond donors (Lipinski definition) is 3. The minimum atomic E-state index is -0.903. The number of thioether (sulfide) groups is 1. The number of nitrogens with one attached hydrogen (secondary N) is 2. The number of rotatable bonds is 14. The Hall–Kier alpha value is -2.42. The highest BCUT2D eigenvalue weighted by Crippen LogP contribution is 2.26. The maximum absolute atomic E-state index is 14.0. The van der Waals surface area contributed by atoms with Crippen LogP contribution in [-0.2, 0) is 14.3 Å². The van der Waals surface area contributed by atoms with Gasteiger partial charge in [0, 0.05) is 12.6 Å². The molecule has 0 saturated heterocycles. The van der Waals surface area contributed by atoms with Crippen molar-refractivity contribution in [1.82, 2.24) is 15.5 Å². The topological polar surface area (TPSA) is 108 Å². The van der Waals surface area contributed by atoms with Gasteiger partial charge in [-0.3, -0.25) is 9.59 Å². The van der Waals surface area contributed by atoms with Crippen LogP contribution >= 0.6 is 11.8 Å². The molecule has 204 valence electrons. The Balaban J connectivity index is 3.41. The molecule has 0 bridgehead atoms. The molecule has 1 aromatic carbocycles. The lowest BCUT2D eigenvalue weighted by Crippen LogP contribution is -2.53. The van der Waals surface area contributed by atoms with Crippen LogP contribution in [0, 0.1) is 0 Å². The average molecular weight is 524 g/mol. The van der Waals surface area contributed by atoms with E-state index >= 15 is 0 Å². The highest BCUT2D eigenvalue weighted by molar-refractivity contribution is 7.98. The molecule has 0 aliphatic heterocycles. The van der Waals surface area contributed by atoms with E-state index in [4.69, 9.17) is 4.74 Å². The van der Waals surface area contributed by atoms with Crippen molar-refractivity contribution < 1.29 is 24.2 Å². The molecular weight excluding hydrogens is 478 g/mol. The first kappa shape index (κ1) is 31.6. The van der Waals surface area contributed by atoms with E-state index in [0.29, 0.717) is 24.3 Å². The molecule has 0 aliphatic rings. The van der Waals surface area contributed by atoms with Crippen LogP contribution in [0.2, 0.25) is 0 Å².